The van der Waals surface area contributed by atoms with Crippen LogP contribution in [0.5, 0.6) is 0 Å². The molecule has 1 aliphatic heterocycles. The van der Waals surface area contributed by atoms with Gasteiger partial charge in [0.2, 0.25) is 5.91 Å². The van der Waals surface area contributed by atoms with Crippen LogP contribution in [0.15, 0.2) is 0 Å². The van der Waals surface area contributed by atoms with Gasteiger partial charge in [-0.2, -0.15) is 0 Å². The highest BCUT2D eigenvalue weighted by Crippen LogP contribution is 2.25. The molecule has 0 radical (unpaired) electrons. The fraction of sp³-hybridized carbons (Fsp3) is 0.917. The van der Waals surface area contributed by atoms with Gasteiger partial charge in [-0.25, -0.2) is 0 Å². The summed E-state index contributed by atoms with van der Waals surface area (Å²) in [5.74, 6) is 0.539. The third-order valence-corrected chi connectivity index (χ3v) is 3.76. The first-order valence-electron chi connectivity index (χ1n) is 6.43. The molecule has 1 saturated heterocycles. The molecule has 4 heteroatoms. The smallest absolute Gasteiger partial charge is 0.249 e. The Bertz CT molecular complexity index is 239. The van der Waals surface area contributed by atoms with Crippen LogP contribution in [0.1, 0.15) is 38.5 Å². The van der Waals surface area contributed by atoms with Gasteiger partial charge in [0.05, 0.1) is 0 Å². The summed E-state index contributed by atoms with van der Waals surface area (Å²) in [7, 11) is 0. The minimum atomic E-state index is -0.215. The van der Waals surface area contributed by atoms with Crippen LogP contribution in [0.25, 0.3) is 0 Å². The predicted molar refractivity (Wildman–Crippen MR) is 61.9 cm³/mol. The number of amides is 1. The number of hydrogen-bond acceptors (Lipinski definition) is 3. The van der Waals surface area contributed by atoms with Crippen LogP contribution >= 0.6 is 0 Å². The van der Waals surface area contributed by atoms with Crippen molar-refractivity contribution in [2.75, 3.05) is 13.2 Å². The van der Waals surface area contributed by atoms with E-state index in [2.05, 4.69) is 5.32 Å². The zero-order chi connectivity index (χ0) is 11.4. The maximum atomic E-state index is 11.9. The van der Waals surface area contributed by atoms with Gasteiger partial charge >= 0.3 is 0 Å². The first-order chi connectivity index (χ1) is 7.81. The van der Waals surface area contributed by atoms with Crippen molar-refractivity contribution in [2.24, 2.45) is 11.7 Å². The average Bonchev–Trinajstić information content (AvgIpc) is 2.77. The van der Waals surface area contributed by atoms with Crippen molar-refractivity contribution in [3.8, 4) is 0 Å². The van der Waals surface area contributed by atoms with E-state index in [4.69, 9.17) is 10.5 Å². The van der Waals surface area contributed by atoms with Crippen molar-refractivity contribution >= 4 is 5.91 Å². The molecule has 1 aliphatic carbocycles. The fourth-order valence-corrected chi connectivity index (χ4v) is 2.73. The minimum absolute atomic E-state index is 0.0741. The molecule has 1 saturated carbocycles. The summed E-state index contributed by atoms with van der Waals surface area (Å²) in [6, 6.07) is 0.281. The molecule has 3 N–H and O–H groups in total. The Morgan fingerprint density at radius 1 is 1.25 bits per heavy atom. The first-order valence-corrected chi connectivity index (χ1v) is 6.43. The van der Waals surface area contributed by atoms with Gasteiger partial charge in [0.15, 0.2) is 0 Å². The Morgan fingerprint density at radius 3 is 2.81 bits per heavy atom. The van der Waals surface area contributed by atoms with Gasteiger partial charge in [-0.1, -0.05) is 6.42 Å². The van der Waals surface area contributed by atoms with Crippen molar-refractivity contribution in [3.63, 3.8) is 0 Å². The molecule has 4 nitrogen and oxygen atoms in total. The standard InChI is InChI=1S/C12H22N2O2/c13-8-9-4-3-5-10(9)14-12(15)11-6-1-2-7-16-11/h9-11H,1-8,13H2,(H,14,15). The zero-order valence-corrected chi connectivity index (χ0v) is 9.78. The Hall–Kier alpha value is -0.610. The van der Waals surface area contributed by atoms with Crippen molar-refractivity contribution in [1.29, 1.82) is 0 Å². The molecular formula is C12H22N2O2. The molecule has 2 aliphatic rings. The van der Waals surface area contributed by atoms with Crippen LogP contribution in [0.4, 0.5) is 0 Å². The molecule has 0 aromatic rings. The molecule has 92 valence electrons. The summed E-state index contributed by atoms with van der Waals surface area (Å²) in [6.07, 6.45) is 6.23. The van der Waals surface area contributed by atoms with E-state index in [1.165, 1.54) is 6.42 Å². The van der Waals surface area contributed by atoms with Crippen LogP contribution in [0, 0.1) is 5.92 Å². The van der Waals surface area contributed by atoms with Crippen molar-refractivity contribution in [1.82, 2.24) is 5.32 Å². The van der Waals surface area contributed by atoms with E-state index in [1.807, 2.05) is 0 Å². The molecular weight excluding hydrogens is 204 g/mol. The second kappa shape index (κ2) is 5.64. The van der Waals surface area contributed by atoms with Crippen LogP contribution < -0.4 is 11.1 Å². The van der Waals surface area contributed by atoms with Crippen molar-refractivity contribution < 1.29 is 9.53 Å². The number of ether oxygens (including phenoxy) is 1. The SMILES string of the molecule is NCC1CCCC1NC(=O)C1CCCCO1. The van der Waals surface area contributed by atoms with E-state index in [1.54, 1.807) is 0 Å². The molecule has 3 unspecified atom stereocenters. The number of carbonyl (C=O) groups is 1. The highest BCUT2D eigenvalue weighted by Gasteiger charge is 2.30. The second-order valence-corrected chi connectivity index (χ2v) is 4.90. The first kappa shape index (κ1) is 11.9. The Labute approximate surface area is 96.9 Å². The summed E-state index contributed by atoms with van der Waals surface area (Å²) in [6.45, 7) is 1.40. The quantitative estimate of drug-likeness (QED) is 0.748. The fourth-order valence-electron chi connectivity index (χ4n) is 2.73. The monoisotopic (exact) mass is 226 g/mol. The molecule has 2 rings (SSSR count). The van der Waals surface area contributed by atoms with Crippen LogP contribution in [-0.2, 0) is 9.53 Å². The zero-order valence-electron chi connectivity index (χ0n) is 9.78. The van der Waals surface area contributed by atoms with Gasteiger partial charge in [0.25, 0.3) is 0 Å². The molecule has 1 heterocycles. The van der Waals surface area contributed by atoms with Crippen molar-refractivity contribution in [2.45, 2.75) is 50.7 Å². The molecule has 1 amide bonds. The summed E-state index contributed by atoms with van der Waals surface area (Å²) in [4.78, 5) is 11.9. The third kappa shape index (κ3) is 2.74. The number of nitrogens with two attached hydrogens (primary N) is 1. The van der Waals surface area contributed by atoms with Crippen LogP contribution in [0.3, 0.4) is 0 Å². The summed E-state index contributed by atoms with van der Waals surface area (Å²) < 4.78 is 5.48. The third-order valence-electron chi connectivity index (χ3n) is 3.76. The number of rotatable bonds is 3. The van der Waals surface area contributed by atoms with Gasteiger partial charge in [0.1, 0.15) is 6.10 Å². The molecule has 2 fully saturated rings. The summed E-state index contributed by atoms with van der Waals surface area (Å²) in [5.41, 5.74) is 5.70. The summed E-state index contributed by atoms with van der Waals surface area (Å²) >= 11 is 0. The van der Waals surface area contributed by atoms with Gasteiger partial charge in [-0.3, -0.25) is 4.79 Å². The predicted octanol–water partition coefficient (Wildman–Crippen LogP) is 0.799. The molecule has 0 aromatic carbocycles. The lowest BCUT2D eigenvalue weighted by atomic mass is 10.0. The largest absolute Gasteiger partial charge is 0.368 e. The number of hydrogen-bond donors (Lipinski definition) is 2. The Balaban J connectivity index is 1.81. The van der Waals surface area contributed by atoms with Gasteiger partial charge in [-0.05, 0) is 44.6 Å². The maximum Gasteiger partial charge on any atom is 0.249 e. The van der Waals surface area contributed by atoms with E-state index in [-0.39, 0.29) is 18.1 Å². The molecule has 16 heavy (non-hydrogen) atoms. The van der Waals surface area contributed by atoms with E-state index < -0.39 is 0 Å². The lowest BCUT2D eigenvalue weighted by Gasteiger charge is -2.25. The van der Waals surface area contributed by atoms with Gasteiger partial charge in [-0.15, -0.1) is 0 Å². The van der Waals surface area contributed by atoms with Gasteiger partial charge < -0.3 is 15.8 Å². The topological polar surface area (TPSA) is 64.3 Å². The number of carbonyl (C=O) groups excluding carboxylic acids is 1. The van der Waals surface area contributed by atoms with E-state index in [0.717, 1.165) is 38.7 Å². The Morgan fingerprint density at radius 2 is 2.12 bits per heavy atom. The van der Waals surface area contributed by atoms with Crippen molar-refractivity contribution in [3.05, 3.63) is 0 Å². The molecule has 0 aromatic heterocycles. The average molecular weight is 226 g/mol. The molecule has 0 bridgehead atoms. The lowest BCUT2D eigenvalue weighted by Crippen LogP contribution is -2.46. The number of nitrogens with one attached hydrogen (secondary N) is 1. The van der Waals surface area contributed by atoms with E-state index in [0.29, 0.717) is 12.5 Å². The van der Waals surface area contributed by atoms with Gasteiger partial charge in [0, 0.05) is 12.6 Å². The Kier molecular flexibility index (Phi) is 4.18. The molecule has 3 atom stereocenters. The minimum Gasteiger partial charge on any atom is -0.368 e. The second-order valence-electron chi connectivity index (χ2n) is 4.90. The van der Waals surface area contributed by atoms with Crippen LogP contribution in [0.2, 0.25) is 0 Å². The normalized spacial score (nSPS) is 34.9. The summed E-state index contributed by atoms with van der Waals surface area (Å²) in [5, 5.41) is 3.11. The maximum absolute atomic E-state index is 11.9. The van der Waals surface area contributed by atoms with E-state index in [9.17, 15) is 4.79 Å². The van der Waals surface area contributed by atoms with E-state index >= 15 is 0 Å². The lowest BCUT2D eigenvalue weighted by molar-refractivity contribution is -0.136. The van der Waals surface area contributed by atoms with Crippen LogP contribution in [-0.4, -0.2) is 31.2 Å². The highest BCUT2D eigenvalue weighted by molar-refractivity contribution is 5.81. The highest BCUT2D eigenvalue weighted by atomic mass is 16.5. The molecule has 0 spiro atoms.